The molecule has 134 valence electrons. The fraction of sp³-hybridized carbons (Fsp3) is 0.0500. The van der Waals surface area contributed by atoms with Crippen molar-refractivity contribution in [2.75, 3.05) is 5.73 Å². The summed E-state index contributed by atoms with van der Waals surface area (Å²) >= 11 is 1.08. The second-order valence-electron chi connectivity index (χ2n) is 5.90. The van der Waals surface area contributed by atoms with Crippen LogP contribution in [-0.2, 0) is 6.54 Å². The number of pyridine rings is 1. The van der Waals surface area contributed by atoms with Crippen molar-refractivity contribution in [3.8, 4) is 11.5 Å². The van der Waals surface area contributed by atoms with E-state index < -0.39 is 0 Å². The van der Waals surface area contributed by atoms with Crippen molar-refractivity contribution in [2.24, 2.45) is 0 Å². The van der Waals surface area contributed by atoms with E-state index in [-0.39, 0.29) is 16.5 Å². The van der Waals surface area contributed by atoms with Crippen LogP contribution in [0.1, 0.15) is 20.8 Å². The SMILES string of the molecule is Nc1nc(-c2ccco2)c(C(=O)c2ccn(Cc3ccccc3)c(=O)c2)s1. The molecular formula is C20H15N3O3S. The van der Waals surface area contributed by atoms with Crippen LogP contribution in [0.15, 0.2) is 76.3 Å². The lowest BCUT2D eigenvalue weighted by molar-refractivity contribution is 0.104. The van der Waals surface area contributed by atoms with Gasteiger partial charge in [-0.3, -0.25) is 9.59 Å². The quantitative estimate of drug-likeness (QED) is 0.538. The number of carbonyl (C=O) groups excluding carboxylic acids is 1. The lowest BCUT2D eigenvalue weighted by atomic mass is 10.1. The predicted octanol–water partition coefficient (Wildman–Crippen LogP) is 3.43. The minimum absolute atomic E-state index is 0.248. The molecule has 0 amide bonds. The Bertz CT molecular complexity index is 1140. The molecule has 0 aliphatic rings. The van der Waals surface area contributed by atoms with Gasteiger partial charge in [0.15, 0.2) is 10.9 Å². The lowest BCUT2D eigenvalue weighted by Crippen LogP contribution is -2.21. The summed E-state index contributed by atoms with van der Waals surface area (Å²) in [4.78, 5) is 29.9. The molecule has 3 aromatic heterocycles. The average Bonchev–Trinajstić information content (AvgIpc) is 3.33. The third-order valence-electron chi connectivity index (χ3n) is 4.06. The summed E-state index contributed by atoms with van der Waals surface area (Å²) in [5.74, 6) is 0.156. The Labute approximate surface area is 158 Å². The highest BCUT2D eigenvalue weighted by molar-refractivity contribution is 7.18. The molecule has 0 saturated carbocycles. The molecule has 0 fully saturated rings. The highest BCUT2D eigenvalue weighted by Gasteiger charge is 2.22. The number of nitrogens with zero attached hydrogens (tertiary/aromatic N) is 2. The summed E-state index contributed by atoms with van der Waals surface area (Å²) in [5, 5.41) is 0.266. The minimum Gasteiger partial charge on any atom is -0.463 e. The molecule has 3 heterocycles. The molecule has 1 aromatic carbocycles. The van der Waals surface area contributed by atoms with Gasteiger partial charge in [-0.05, 0) is 23.8 Å². The van der Waals surface area contributed by atoms with E-state index in [0.29, 0.717) is 28.4 Å². The predicted molar refractivity (Wildman–Crippen MR) is 104 cm³/mol. The standard InChI is InChI=1S/C20H15N3O3S/c21-20-22-17(15-7-4-10-26-15)19(27-20)18(25)14-8-9-23(16(24)11-14)12-13-5-2-1-3-6-13/h1-11H,12H2,(H2,21,22). The summed E-state index contributed by atoms with van der Waals surface area (Å²) in [6.45, 7) is 0.444. The molecular weight excluding hydrogens is 362 g/mol. The van der Waals surface area contributed by atoms with E-state index in [2.05, 4.69) is 4.98 Å². The molecule has 4 aromatic rings. The number of nitrogen functional groups attached to an aromatic ring is 1. The number of furan rings is 1. The summed E-state index contributed by atoms with van der Waals surface area (Å²) in [5.41, 5.74) is 7.23. The smallest absolute Gasteiger partial charge is 0.251 e. The topological polar surface area (TPSA) is 91.1 Å². The highest BCUT2D eigenvalue weighted by Crippen LogP contribution is 2.31. The van der Waals surface area contributed by atoms with Gasteiger partial charge in [0.25, 0.3) is 5.56 Å². The molecule has 6 nitrogen and oxygen atoms in total. The first-order chi connectivity index (χ1) is 13.1. The van der Waals surface area contributed by atoms with E-state index in [9.17, 15) is 9.59 Å². The molecule has 0 saturated heterocycles. The van der Waals surface area contributed by atoms with Gasteiger partial charge in [0.05, 0.1) is 12.8 Å². The Morgan fingerprint density at radius 2 is 1.96 bits per heavy atom. The summed E-state index contributed by atoms with van der Waals surface area (Å²) in [6.07, 6.45) is 3.13. The third-order valence-corrected chi connectivity index (χ3v) is 4.94. The molecule has 0 aliphatic carbocycles. The Balaban J connectivity index is 1.66. The summed E-state index contributed by atoms with van der Waals surface area (Å²) in [7, 11) is 0. The van der Waals surface area contributed by atoms with Gasteiger partial charge in [0.2, 0.25) is 5.78 Å². The molecule has 0 unspecified atom stereocenters. The largest absolute Gasteiger partial charge is 0.463 e. The molecule has 0 radical (unpaired) electrons. The third kappa shape index (κ3) is 3.45. The number of aromatic nitrogens is 2. The number of anilines is 1. The van der Waals surface area contributed by atoms with E-state index >= 15 is 0 Å². The van der Waals surface area contributed by atoms with Crippen molar-refractivity contribution in [2.45, 2.75) is 6.54 Å². The van der Waals surface area contributed by atoms with Crippen LogP contribution in [0.3, 0.4) is 0 Å². The number of ketones is 1. The zero-order chi connectivity index (χ0) is 18.8. The van der Waals surface area contributed by atoms with Crippen LogP contribution in [0.4, 0.5) is 5.13 Å². The molecule has 0 atom stereocenters. The maximum Gasteiger partial charge on any atom is 0.251 e. The first kappa shape index (κ1) is 17.0. The molecule has 27 heavy (non-hydrogen) atoms. The Morgan fingerprint density at radius 3 is 2.67 bits per heavy atom. The van der Waals surface area contributed by atoms with E-state index in [1.807, 2.05) is 30.3 Å². The van der Waals surface area contributed by atoms with Crippen LogP contribution in [0.2, 0.25) is 0 Å². The first-order valence-electron chi connectivity index (χ1n) is 8.21. The van der Waals surface area contributed by atoms with Crippen LogP contribution in [0, 0.1) is 0 Å². The molecule has 7 heteroatoms. The van der Waals surface area contributed by atoms with Gasteiger partial charge in [-0.1, -0.05) is 41.7 Å². The average molecular weight is 377 g/mol. The number of carbonyl (C=O) groups is 1. The van der Waals surface area contributed by atoms with Gasteiger partial charge in [0, 0.05) is 17.8 Å². The number of rotatable bonds is 5. The number of nitrogens with two attached hydrogens (primary N) is 1. The van der Waals surface area contributed by atoms with E-state index in [1.54, 1.807) is 29.0 Å². The lowest BCUT2D eigenvalue weighted by Gasteiger charge is -2.07. The zero-order valence-corrected chi connectivity index (χ0v) is 15.0. The number of hydrogen-bond donors (Lipinski definition) is 1. The number of hydrogen-bond acceptors (Lipinski definition) is 6. The maximum atomic E-state index is 12.9. The number of benzene rings is 1. The Hall–Kier alpha value is -3.45. The second-order valence-corrected chi connectivity index (χ2v) is 6.93. The fourth-order valence-corrected chi connectivity index (χ4v) is 3.56. The number of thiazole rings is 1. The van der Waals surface area contributed by atoms with Gasteiger partial charge >= 0.3 is 0 Å². The van der Waals surface area contributed by atoms with Crippen LogP contribution < -0.4 is 11.3 Å². The van der Waals surface area contributed by atoms with Gasteiger partial charge in [-0.25, -0.2) is 4.98 Å². The molecule has 0 aliphatic heterocycles. The molecule has 0 spiro atoms. The van der Waals surface area contributed by atoms with Crippen molar-refractivity contribution in [1.82, 2.24) is 9.55 Å². The Kier molecular flexibility index (Phi) is 4.43. The van der Waals surface area contributed by atoms with Crippen LogP contribution in [0.25, 0.3) is 11.5 Å². The van der Waals surface area contributed by atoms with Gasteiger partial charge < -0.3 is 14.7 Å². The fourth-order valence-electron chi connectivity index (χ4n) is 2.76. The Morgan fingerprint density at radius 1 is 1.15 bits per heavy atom. The molecule has 4 rings (SSSR count). The van der Waals surface area contributed by atoms with Crippen molar-refractivity contribution in [3.05, 3.63) is 93.4 Å². The highest BCUT2D eigenvalue weighted by atomic mass is 32.1. The van der Waals surface area contributed by atoms with E-state index in [1.165, 1.54) is 12.3 Å². The van der Waals surface area contributed by atoms with E-state index in [4.69, 9.17) is 10.2 Å². The second kappa shape index (κ2) is 7.05. The zero-order valence-electron chi connectivity index (χ0n) is 14.2. The molecule has 0 bridgehead atoms. The van der Waals surface area contributed by atoms with Gasteiger partial charge in [0.1, 0.15) is 10.6 Å². The van der Waals surface area contributed by atoms with Crippen LogP contribution >= 0.6 is 11.3 Å². The van der Waals surface area contributed by atoms with Crippen molar-refractivity contribution < 1.29 is 9.21 Å². The summed E-state index contributed by atoms with van der Waals surface area (Å²) < 4.78 is 6.90. The van der Waals surface area contributed by atoms with Crippen LogP contribution in [-0.4, -0.2) is 15.3 Å². The summed E-state index contributed by atoms with van der Waals surface area (Å²) in [6, 6.07) is 16.0. The van der Waals surface area contributed by atoms with Crippen molar-refractivity contribution >= 4 is 22.3 Å². The van der Waals surface area contributed by atoms with Gasteiger partial charge in [-0.15, -0.1) is 0 Å². The molecule has 2 N–H and O–H groups in total. The van der Waals surface area contributed by atoms with Crippen molar-refractivity contribution in [3.63, 3.8) is 0 Å². The minimum atomic E-state index is -0.306. The normalized spacial score (nSPS) is 10.8. The van der Waals surface area contributed by atoms with E-state index in [0.717, 1.165) is 16.9 Å². The van der Waals surface area contributed by atoms with Gasteiger partial charge in [-0.2, -0.15) is 0 Å². The van der Waals surface area contributed by atoms with Crippen molar-refractivity contribution in [1.29, 1.82) is 0 Å². The first-order valence-corrected chi connectivity index (χ1v) is 9.03. The monoisotopic (exact) mass is 377 g/mol. The van der Waals surface area contributed by atoms with Crippen LogP contribution in [0.5, 0.6) is 0 Å². The maximum absolute atomic E-state index is 12.9.